The Labute approximate surface area is 203 Å². The number of aromatic nitrogens is 2. The highest BCUT2D eigenvalue weighted by Crippen LogP contribution is 2.37. The number of anilines is 2. The molecule has 0 radical (unpaired) electrons. The minimum Gasteiger partial charge on any atom is -0.490 e. The molecule has 34 heavy (non-hydrogen) atoms. The number of fused-ring (bicyclic) bond motifs is 1. The van der Waals surface area contributed by atoms with Gasteiger partial charge in [0, 0.05) is 36.8 Å². The van der Waals surface area contributed by atoms with Gasteiger partial charge in [0.25, 0.3) is 0 Å². The normalized spacial score (nSPS) is 16.5. The predicted molar refractivity (Wildman–Crippen MR) is 130 cm³/mol. The molecule has 0 bridgehead atoms. The fourth-order valence-corrected chi connectivity index (χ4v) is 4.07. The molecule has 2 heterocycles. The van der Waals surface area contributed by atoms with Crippen molar-refractivity contribution in [3.05, 3.63) is 47.5 Å². The highest BCUT2D eigenvalue weighted by atomic mass is 35.5. The highest BCUT2D eigenvalue weighted by Gasteiger charge is 2.23. The number of halogens is 2. The van der Waals surface area contributed by atoms with Gasteiger partial charge in [0.15, 0.2) is 11.5 Å². The average Bonchev–Trinajstić information content (AvgIpc) is 3.68. The van der Waals surface area contributed by atoms with Crippen LogP contribution in [0.1, 0.15) is 19.3 Å². The van der Waals surface area contributed by atoms with Gasteiger partial charge in [-0.2, -0.15) is 0 Å². The van der Waals surface area contributed by atoms with E-state index in [1.54, 1.807) is 6.07 Å². The van der Waals surface area contributed by atoms with E-state index in [-0.39, 0.29) is 5.02 Å². The Hall–Kier alpha value is -2.68. The van der Waals surface area contributed by atoms with Gasteiger partial charge in [-0.3, -0.25) is 4.90 Å². The Balaban J connectivity index is 1.35. The lowest BCUT2D eigenvalue weighted by Gasteiger charge is -2.26. The van der Waals surface area contributed by atoms with E-state index in [1.165, 1.54) is 31.3 Å². The van der Waals surface area contributed by atoms with Crippen molar-refractivity contribution in [3.63, 3.8) is 0 Å². The topological polar surface area (TPSA) is 68.7 Å². The van der Waals surface area contributed by atoms with Crippen molar-refractivity contribution in [1.82, 2.24) is 14.9 Å². The van der Waals surface area contributed by atoms with E-state index in [1.807, 2.05) is 12.1 Å². The molecule has 2 aromatic carbocycles. The van der Waals surface area contributed by atoms with Crippen LogP contribution >= 0.6 is 11.6 Å². The van der Waals surface area contributed by atoms with Crippen LogP contribution in [0, 0.1) is 11.7 Å². The van der Waals surface area contributed by atoms with E-state index >= 15 is 0 Å². The van der Waals surface area contributed by atoms with Crippen molar-refractivity contribution in [2.45, 2.75) is 19.3 Å². The van der Waals surface area contributed by atoms with E-state index in [4.69, 9.17) is 25.8 Å². The summed E-state index contributed by atoms with van der Waals surface area (Å²) in [6, 6.07) is 8.28. The molecule has 1 saturated heterocycles. The predicted octanol–water partition coefficient (Wildman–Crippen LogP) is 5.06. The standard InChI is InChI=1S/C25H28ClFN4O3/c26-20-12-18(4-5-21(20)27)30-25-19-13-23(33-9-1-6-31-7-10-32-11-8-31)24(34-15-17-2-3-17)14-22(19)28-16-29-25/h4-5,12-14,16-17H,1-3,6-11,15H2,(H,28,29,30). The summed E-state index contributed by atoms with van der Waals surface area (Å²) in [6.07, 6.45) is 4.81. The number of ether oxygens (including phenoxy) is 3. The second-order valence-electron chi connectivity index (χ2n) is 8.70. The van der Waals surface area contributed by atoms with Gasteiger partial charge in [0.2, 0.25) is 0 Å². The first-order valence-electron chi connectivity index (χ1n) is 11.7. The molecule has 1 aliphatic carbocycles. The van der Waals surface area contributed by atoms with Gasteiger partial charge in [-0.05, 0) is 49.4 Å². The first-order chi connectivity index (χ1) is 16.7. The third-order valence-corrected chi connectivity index (χ3v) is 6.32. The zero-order valence-corrected chi connectivity index (χ0v) is 19.7. The number of benzene rings is 2. The van der Waals surface area contributed by atoms with Crippen LogP contribution in [0.25, 0.3) is 10.9 Å². The van der Waals surface area contributed by atoms with Gasteiger partial charge in [0.1, 0.15) is 18.0 Å². The Morgan fingerprint density at radius 1 is 1.09 bits per heavy atom. The number of nitrogens with one attached hydrogen (secondary N) is 1. The quantitative estimate of drug-likeness (QED) is 0.402. The van der Waals surface area contributed by atoms with Crippen molar-refractivity contribution in [3.8, 4) is 11.5 Å². The second kappa shape index (κ2) is 10.7. The van der Waals surface area contributed by atoms with E-state index in [2.05, 4.69) is 20.2 Å². The molecule has 0 atom stereocenters. The van der Waals surface area contributed by atoms with Crippen molar-refractivity contribution < 1.29 is 18.6 Å². The lowest BCUT2D eigenvalue weighted by Crippen LogP contribution is -2.37. The molecule has 0 unspecified atom stereocenters. The Bertz CT molecular complexity index is 1140. The van der Waals surface area contributed by atoms with E-state index in [0.717, 1.165) is 50.2 Å². The lowest BCUT2D eigenvalue weighted by atomic mass is 10.2. The monoisotopic (exact) mass is 486 g/mol. The minimum atomic E-state index is -0.468. The molecule has 1 saturated carbocycles. The summed E-state index contributed by atoms with van der Waals surface area (Å²) in [5, 5.41) is 4.04. The van der Waals surface area contributed by atoms with Crippen molar-refractivity contribution >= 4 is 34.0 Å². The van der Waals surface area contributed by atoms with Crippen molar-refractivity contribution in [1.29, 1.82) is 0 Å². The van der Waals surface area contributed by atoms with E-state index < -0.39 is 5.82 Å². The number of nitrogens with zero attached hydrogens (tertiary/aromatic N) is 3. The van der Waals surface area contributed by atoms with Crippen molar-refractivity contribution in [2.24, 2.45) is 5.92 Å². The molecule has 0 amide bonds. The van der Waals surface area contributed by atoms with Gasteiger partial charge >= 0.3 is 0 Å². The second-order valence-corrected chi connectivity index (χ2v) is 9.11. The Morgan fingerprint density at radius 2 is 1.91 bits per heavy atom. The third-order valence-electron chi connectivity index (χ3n) is 6.03. The van der Waals surface area contributed by atoms with Crippen LogP contribution in [0.2, 0.25) is 5.02 Å². The molecule has 3 aromatic rings. The van der Waals surface area contributed by atoms with E-state index in [0.29, 0.717) is 42.1 Å². The molecule has 1 aliphatic heterocycles. The summed E-state index contributed by atoms with van der Waals surface area (Å²) in [6.45, 7) is 5.74. The fourth-order valence-electron chi connectivity index (χ4n) is 3.89. The van der Waals surface area contributed by atoms with Crippen molar-refractivity contribution in [2.75, 3.05) is 51.4 Å². The smallest absolute Gasteiger partial charge is 0.163 e. The molecule has 1 aromatic heterocycles. The zero-order valence-electron chi connectivity index (χ0n) is 18.9. The molecule has 2 fully saturated rings. The summed E-state index contributed by atoms with van der Waals surface area (Å²) < 4.78 is 31.3. The SMILES string of the molecule is Fc1ccc(Nc2ncnc3cc(OCC4CC4)c(OCCCN4CCOCC4)cc23)cc1Cl. The number of hydrogen-bond donors (Lipinski definition) is 1. The third kappa shape index (κ3) is 5.87. The molecule has 1 N–H and O–H groups in total. The number of morpholine rings is 1. The Morgan fingerprint density at radius 3 is 2.71 bits per heavy atom. The van der Waals surface area contributed by atoms with Gasteiger partial charge in [-0.15, -0.1) is 0 Å². The summed E-state index contributed by atoms with van der Waals surface area (Å²) in [5.74, 6) is 2.10. The van der Waals surface area contributed by atoms with Gasteiger partial charge in [-0.25, -0.2) is 14.4 Å². The van der Waals surface area contributed by atoms with Crippen LogP contribution in [-0.4, -0.2) is 60.9 Å². The molecule has 2 aliphatic rings. The maximum Gasteiger partial charge on any atom is 0.163 e. The fraction of sp³-hybridized carbons (Fsp3) is 0.440. The first-order valence-corrected chi connectivity index (χ1v) is 12.1. The maximum atomic E-state index is 13.6. The maximum absolute atomic E-state index is 13.6. The average molecular weight is 487 g/mol. The van der Waals surface area contributed by atoms with Crippen LogP contribution in [0.15, 0.2) is 36.7 Å². The molecule has 5 rings (SSSR count). The zero-order chi connectivity index (χ0) is 23.3. The van der Waals surface area contributed by atoms with Crippen LogP contribution in [0.3, 0.4) is 0 Å². The molecule has 7 nitrogen and oxygen atoms in total. The van der Waals surface area contributed by atoms with Crippen LogP contribution in [0.5, 0.6) is 11.5 Å². The largest absolute Gasteiger partial charge is 0.490 e. The van der Waals surface area contributed by atoms with Crippen LogP contribution < -0.4 is 14.8 Å². The summed E-state index contributed by atoms with van der Waals surface area (Å²) >= 11 is 5.94. The van der Waals surface area contributed by atoms with Gasteiger partial charge in [0.05, 0.1) is 37.0 Å². The summed E-state index contributed by atoms with van der Waals surface area (Å²) in [7, 11) is 0. The van der Waals surface area contributed by atoms with Gasteiger partial charge in [-0.1, -0.05) is 11.6 Å². The minimum absolute atomic E-state index is 0.0448. The van der Waals surface area contributed by atoms with Crippen LogP contribution in [0.4, 0.5) is 15.9 Å². The van der Waals surface area contributed by atoms with Gasteiger partial charge < -0.3 is 19.5 Å². The molecule has 0 spiro atoms. The lowest BCUT2D eigenvalue weighted by molar-refractivity contribution is 0.0357. The summed E-state index contributed by atoms with van der Waals surface area (Å²) in [5.41, 5.74) is 1.37. The molecule has 180 valence electrons. The van der Waals surface area contributed by atoms with Crippen LogP contribution in [-0.2, 0) is 4.74 Å². The first kappa shape index (κ1) is 23.1. The summed E-state index contributed by atoms with van der Waals surface area (Å²) in [4.78, 5) is 11.2. The highest BCUT2D eigenvalue weighted by molar-refractivity contribution is 6.31. The molecular formula is C25H28ClFN4O3. The molecule has 9 heteroatoms. The molecular weight excluding hydrogens is 459 g/mol. The number of hydrogen-bond acceptors (Lipinski definition) is 7. The number of rotatable bonds is 10. The van der Waals surface area contributed by atoms with E-state index in [9.17, 15) is 4.39 Å². The Kier molecular flexibility index (Phi) is 7.27.